The van der Waals surface area contributed by atoms with E-state index in [4.69, 9.17) is 4.74 Å². The van der Waals surface area contributed by atoms with Crippen LogP contribution in [0.15, 0.2) is 30.5 Å². The Balaban J connectivity index is 1.95. The van der Waals surface area contributed by atoms with Gasteiger partial charge in [0, 0.05) is 48.6 Å². The lowest BCUT2D eigenvalue weighted by Crippen LogP contribution is -2.27. The van der Waals surface area contributed by atoms with E-state index in [-0.39, 0.29) is 11.9 Å². The summed E-state index contributed by atoms with van der Waals surface area (Å²) in [7, 11) is 3.59. The van der Waals surface area contributed by atoms with Gasteiger partial charge in [-0.05, 0) is 26.8 Å². The van der Waals surface area contributed by atoms with E-state index in [2.05, 4.69) is 15.0 Å². The monoisotopic (exact) mass is 354 g/mol. The third kappa shape index (κ3) is 3.12. The quantitative estimate of drug-likeness (QED) is 0.740. The fourth-order valence-corrected chi connectivity index (χ4v) is 3.48. The molecule has 2 heterocycles. The minimum absolute atomic E-state index is 0.0642. The molecule has 0 aliphatic rings. The summed E-state index contributed by atoms with van der Waals surface area (Å²) in [6, 6.07) is 7.89. The molecule has 0 bridgehead atoms. The van der Waals surface area contributed by atoms with Gasteiger partial charge in [-0.15, -0.1) is 0 Å². The molecular formula is C20H26N4O2. The number of methoxy groups -OCH3 is 1. The van der Waals surface area contributed by atoms with E-state index in [0.717, 1.165) is 33.4 Å². The average Bonchev–Trinajstić information content (AvgIpc) is 3.10. The number of amides is 1. The number of nitrogens with one attached hydrogen (secondary N) is 1. The lowest BCUT2D eigenvalue weighted by molar-refractivity contribution is 0.0940. The lowest BCUT2D eigenvalue weighted by Gasteiger charge is -2.14. The van der Waals surface area contributed by atoms with Crippen molar-refractivity contribution in [3.8, 4) is 0 Å². The van der Waals surface area contributed by atoms with Crippen LogP contribution in [0.4, 0.5) is 0 Å². The van der Waals surface area contributed by atoms with Gasteiger partial charge in [-0.2, -0.15) is 5.10 Å². The van der Waals surface area contributed by atoms with Crippen LogP contribution >= 0.6 is 0 Å². The van der Waals surface area contributed by atoms with Crippen molar-refractivity contribution in [1.82, 2.24) is 19.7 Å². The van der Waals surface area contributed by atoms with Crippen LogP contribution in [-0.4, -0.2) is 34.0 Å². The van der Waals surface area contributed by atoms with Gasteiger partial charge in [-0.25, -0.2) is 0 Å². The van der Waals surface area contributed by atoms with Gasteiger partial charge in [-0.1, -0.05) is 18.2 Å². The SMILES string of the molecule is COCCn1c(C)c(C(=O)N[C@@H](C)c2cnn(C)c2C)c2ccccc21. The Morgan fingerprint density at radius 3 is 2.65 bits per heavy atom. The van der Waals surface area contributed by atoms with Gasteiger partial charge in [0.2, 0.25) is 0 Å². The molecule has 26 heavy (non-hydrogen) atoms. The molecule has 6 nitrogen and oxygen atoms in total. The topological polar surface area (TPSA) is 61.1 Å². The molecule has 0 fully saturated rings. The Hall–Kier alpha value is -2.60. The molecule has 1 N–H and O–H groups in total. The number of para-hydroxylation sites is 1. The highest BCUT2D eigenvalue weighted by Crippen LogP contribution is 2.27. The van der Waals surface area contributed by atoms with E-state index in [1.165, 1.54) is 0 Å². The highest BCUT2D eigenvalue weighted by atomic mass is 16.5. The summed E-state index contributed by atoms with van der Waals surface area (Å²) in [5, 5.41) is 8.37. The highest BCUT2D eigenvalue weighted by molar-refractivity contribution is 6.08. The lowest BCUT2D eigenvalue weighted by atomic mass is 10.1. The number of nitrogens with zero attached hydrogens (tertiary/aromatic N) is 3. The molecule has 0 saturated heterocycles. The van der Waals surface area contributed by atoms with Crippen LogP contribution in [0.5, 0.6) is 0 Å². The molecule has 0 saturated carbocycles. The molecule has 6 heteroatoms. The number of ether oxygens (including phenoxy) is 1. The van der Waals surface area contributed by atoms with Crippen LogP contribution in [0, 0.1) is 13.8 Å². The first-order chi connectivity index (χ1) is 12.5. The zero-order valence-corrected chi connectivity index (χ0v) is 16.0. The van der Waals surface area contributed by atoms with Gasteiger partial charge in [0.25, 0.3) is 5.91 Å². The van der Waals surface area contributed by atoms with Gasteiger partial charge in [0.15, 0.2) is 0 Å². The average molecular weight is 354 g/mol. The zero-order valence-electron chi connectivity index (χ0n) is 16.0. The van der Waals surface area contributed by atoms with E-state index in [1.807, 2.05) is 63.0 Å². The van der Waals surface area contributed by atoms with Gasteiger partial charge < -0.3 is 14.6 Å². The predicted octanol–water partition coefficient (Wildman–Crippen LogP) is 3.13. The van der Waals surface area contributed by atoms with E-state index in [9.17, 15) is 4.79 Å². The second kappa shape index (κ2) is 7.33. The predicted molar refractivity (Wildman–Crippen MR) is 102 cm³/mol. The van der Waals surface area contributed by atoms with Gasteiger partial charge in [0.1, 0.15) is 0 Å². The minimum Gasteiger partial charge on any atom is -0.383 e. The Morgan fingerprint density at radius 2 is 2.00 bits per heavy atom. The standard InChI is InChI=1S/C20H26N4O2/c1-13(17-12-21-23(4)14(17)2)22-20(25)19-15(3)24(10-11-26-5)18-9-7-6-8-16(18)19/h6-9,12-13H,10-11H2,1-5H3,(H,22,25)/t13-/m0/s1. The van der Waals surface area contributed by atoms with E-state index >= 15 is 0 Å². The minimum atomic E-state index is -0.114. The van der Waals surface area contributed by atoms with Gasteiger partial charge in [0.05, 0.1) is 24.4 Å². The van der Waals surface area contributed by atoms with Crippen molar-refractivity contribution in [3.05, 3.63) is 53.0 Å². The van der Waals surface area contributed by atoms with Crippen molar-refractivity contribution >= 4 is 16.8 Å². The number of carbonyl (C=O) groups excluding carboxylic acids is 1. The first kappa shape index (κ1) is 18.2. The fourth-order valence-electron chi connectivity index (χ4n) is 3.48. The summed E-state index contributed by atoms with van der Waals surface area (Å²) >= 11 is 0. The number of hydrogen-bond acceptors (Lipinski definition) is 3. The van der Waals surface area contributed by atoms with Crippen molar-refractivity contribution in [2.45, 2.75) is 33.4 Å². The fraction of sp³-hybridized carbons (Fsp3) is 0.400. The van der Waals surface area contributed by atoms with Crippen LogP contribution in [0.25, 0.3) is 10.9 Å². The maximum Gasteiger partial charge on any atom is 0.254 e. The van der Waals surface area contributed by atoms with Crippen LogP contribution in [0.1, 0.15) is 40.3 Å². The first-order valence-electron chi connectivity index (χ1n) is 8.81. The third-order valence-corrected chi connectivity index (χ3v) is 5.06. The molecule has 0 aliphatic heterocycles. The summed E-state index contributed by atoms with van der Waals surface area (Å²) in [6.45, 7) is 7.30. The van der Waals surface area contributed by atoms with Crippen molar-refractivity contribution in [2.24, 2.45) is 7.05 Å². The Morgan fingerprint density at radius 1 is 1.27 bits per heavy atom. The first-order valence-corrected chi connectivity index (χ1v) is 8.81. The normalized spacial score (nSPS) is 12.5. The smallest absolute Gasteiger partial charge is 0.254 e. The maximum atomic E-state index is 13.1. The molecule has 0 aliphatic carbocycles. The van der Waals surface area contributed by atoms with Crippen molar-refractivity contribution in [2.75, 3.05) is 13.7 Å². The largest absolute Gasteiger partial charge is 0.383 e. The molecule has 138 valence electrons. The molecule has 2 aromatic heterocycles. The van der Waals surface area contributed by atoms with E-state index in [1.54, 1.807) is 7.11 Å². The number of benzene rings is 1. The Bertz CT molecular complexity index is 939. The maximum absolute atomic E-state index is 13.1. The molecule has 0 unspecified atom stereocenters. The molecule has 3 aromatic rings. The summed E-state index contributed by atoms with van der Waals surface area (Å²) < 4.78 is 9.19. The van der Waals surface area contributed by atoms with Crippen molar-refractivity contribution in [1.29, 1.82) is 0 Å². The van der Waals surface area contributed by atoms with Gasteiger partial charge >= 0.3 is 0 Å². The number of hydrogen-bond donors (Lipinski definition) is 1. The van der Waals surface area contributed by atoms with Crippen molar-refractivity contribution < 1.29 is 9.53 Å². The number of aryl methyl sites for hydroxylation is 1. The zero-order chi connectivity index (χ0) is 18.8. The van der Waals surface area contributed by atoms with E-state index in [0.29, 0.717) is 13.2 Å². The van der Waals surface area contributed by atoms with E-state index < -0.39 is 0 Å². The molecule has 0 spiro atoms. The van der Waals surface area contributed by atoms with Crippen LogP contribution in [-0.2, 0) is 18.3 Å². The molecule has 0 radical (unpaired) electrons. The molecule has 3 rings (SSSR count). The highest BCUT2D eigenvalue weighted by Gasteiger charge is 2.22. The number of aromatic nitrogens is 3. The van der Waals surface area contributed by atoms with Crippen LogP contribution in [0.2, 0.25) is 0 Å². The summed E-state index contributed by atoms with van der Waals surface area (Å²) in [5.41, 5.74) is 4.82. The number of carbonyl (C=O) groups is 1. The number of fused-ring (bicyclic) bond motifs is 1. The summed E-state index contributed by atoms with van der Waals surface area (Å²) in [5.74, 6) is -0.0642. The molecular weight excluding hydrogens is 328 g/mol. The summed E-state index contributed by atoms with van der Waals surface area (Å²) in [4.78, 5) is 13.1. The summed E-state index contributed by atoms with van der Waals surface area (Å²) in [6.07, 6.45) is 1.81. The third-order valence-electron chi connectivity index (χ3n) is 5.06. The molecule has 1 atom stereocenters. The van der Waals surface area contributed by atoms with Crippen LogP contribution < -0.4 is 5.32 Å². The molecule has 1 aromatic carbocycles. The van der Waals surface area contributed by atoms with Crippen molar-refractivity contribution in [3.63, 3.8) is 0 Å². The van der Waals surface area contributed by atoms with Gasteiger partial charge in [-0.3, -0.25) is 9.48 Å². The Labute approximate surface area is 153 Å². The Kier molecular flexibility index (Phi) is 5.13. The second-order valence-electron chi connectivity index (χ2n) is 6.63. The number of rotatable bonds is 6. The second-order valence-corrected chi connectivity index (χ2v) is 6.63. The van der Waals surface area contributed by atoms with Crippen LogP contribution in [0.3, 0.4) is 0 Å². The molecule has 1 amide bonds.